The number of benzene rings is 2. The second-order valence-electron chi connectivity index (χ2n) is 6.02. The van der Waals surface area contributed by atoms with Crippen molar-refractivity contribution >= 4 is 40.2 Å². The molecule has 0 saturated heterocycles. The van der Waals surface area contributed by atoms with E-state index in [9.17, 15) is 9.59 Å². The maximum Gasteiger partial charge on any atom is 0.266 e. The quantitative estimate of drug-likeness (QED) is 0.489. The number of methoxy groups -OCH3 is 1. The van der Waals surface area contributed by atoms with Crippen molar-refractivity contribution in [1.82, 2.24) is 14.9 Å². The van der Waals surface area contributed by atoms with Crippen molar-refractivity contribution in [2.24, 2.45) is 0 Å². The fourth-order valence-corrected chi connectivity index (χ4v) is 3.88. The van der Waals surface area contributed by atoms with Crippen LogP contribution in [0.1, 0.15) is 13.8 Å². The summed E-state index contributed by atoms with van der Waals surface area (Å²) in [4.78, 5) is 30.2. The molecule has 0 fully saturated rings. The van der Waals surface area contributed by atoms with Gasteiger partial charge in [-0.3, -0.25) is 14.2 Å². The van der Waals surface area contributed by atoms with E-state index in [1.165, 1.54) is 16.3 Å². The van der Waals surface area contributed by atoms with Crippen molar-refractivity contribution in [1.29, 1.82) is 0 Å². The van der Waals surface area contributed by atoms with E-state index in [1.807, 2.05) is 19.1 Å². The van der Waals surface area contributed by atoms with Crippen molar-refractivity contribution in [3.8, 4) is 11.4 Å². The van der Waals surface area contributed by atoms with Crippen LogP contribution >= 0.6 is 23.4 Å². The Kier molecular flexibility index (Phi) is 6.26. The number of thioether (sulfide) groups is 1. The Labute approximate surface area is 171 Å². The number of carbonyl (C=O) groups excluding carboxylic acids is 1. The molecule has 0 bridgehead atoms. The molecule has 8 heteroatoms. The summed E-state index contributed by atoms with van der Waals surface area (Å²) in [6, 6.07) is 12.2. The first-order chi connectivity index (χ1) is 13.5. The Morgan fingerprint density at radius 3 is 2.79 bits per heavy atom. The minimum absolute atomic E-state index is 0.125. The maximum atomic E-state index is 13.3. The smallest absolute Gasteiger partial charge is 0.266 e. The normalized spacial score (nSPS) is 12.0. The van der Waals surface area contributed by atoms with E-state index in [-0.39, 0.29) is 11.5 Å². The number of ether oxygens (including phenoxy) is 1. The zero-order valence-corrected chi connectivity index (χ0v) is 17.3. The zero-order valence-electron chi connectivity index (χ0n) is 15.7. The topological polar surface area (TPSA) is 73.2 Å². The van der Waals surface area contributed by atoms with Crippen molar-refractivity contribution in [2.75, 3.05) is 13.7 Å². The molecule has 0 saturated carbocycles. The van der Waals surface area contributed by atoms with E-state index < -0.39 is 5.25 Å². The first-order valence-electron chi connectivity index (χ1n) is 8.76. The second kappa shape index (κ2) is 8.67. The summed E-state index contributed by atoms with van der Waals surface area (Å²) in [5, 5.41) is 3.66. The molecule has 1 amide bonds. The van der Waals surface area contributed by atoms with Gasteiger partial charge in [-0.15, -0.1) is 0 Å². The second-order valence-corrected chi connectivity index (χ2v) is 7.77. The summed E-state index contributed by atoms with van der Waals surface area (Å²) in [5.74, 6) is 0.409. The van der Waals surface area contributed by atoms with Gasteiger partial charge in [0.05, 0.1) is 29.0 Å². The van der Waals surface area contributed by atoms with E-state index >= 15 is 0 Å². The number of hydrogen-bond acceptors (Lipinski definition) is 5. The number of aromatic nitrogens is 2. The van der Waals surface area contributed by atoms with Gasteiger partial charge < -0.3 is 10.1 Å². The standard InChI is InChI=1S/C20H20ClN3O3S/c1-4-22-18(25)12(2)28-20-23-15-11-13(21)9-10-14(15)19(26)24(20)16-7-5-6-8-17(16)27-3/h5-12H,4H2,1-3H3,(H,22,25)/t12-/m0/s1. The van der Waals surface area contributed by atoms with Gasteiger partial charge in [-0.2, -0.15) is 0 Å². The van der Waals surface area contributed by atoms with Crippen LogP contribution < -0.4 is 15.6 Å². The van der Waals surface area contributed by atoms with Gasteiger partial charge in [-0.25, -0.2) is 4.98 Å². The minimum atomic E-state index is -0.440. The molecule has 2 aromatic carbocycles. The molecule has 1 atom stereocenters. The van der Waals surface area contributed by atoms with Gasteiger partial charge in [0.15, 0.2) is 5.16 Å². The Balaban J connectivity index is 2.25. The average molecular weight is 418 g/mol. The summed E-state index contributed by atoms with van der Waals surface area (Å²) in [7, 11) is 1.54. The number of halogens is 1. The molecule has 0 radical (unpaired) electrons. The zero-order chi connectivity index (χ0) is 20.3. The van der Waals surface area contributed by atoms with Crippen molar-refractivity contribution < 1.29 is 9.53 Å². The third-order valence-electron chi connectivity index (χ3n) is 4.13. The highest BCUT2D eigenvalue weighted by molar-refractivity contribution is 8.00. The lowest BCUT2D eigenvalue weighted by Gasteiger charge is -2.17. The van der Waals surface area contributed by atoms with Crippen LogP contribution in [0.25, 0.3) is 16.6 Å². The van der Waals surface area contributed by atoms with E-state index in [4.69, 9.17) is 16.3 Å². The molecule has 146 valence electrons. The summed E-state index contributed by atoms with van der Waals surface area (Å²) in [5.41, 5.74) is 0.788. The molecule has 3 aromatic rings. The van der Waals surface area contributed by atoms with Gasteiger partial charge >= 0.3 is 0 Å². The Morgan fingerprint density at radius 2 is 2.07 bits per heavy atom. The molecule has 0 aliphatic carbocycles. The van der Waals surface area contributed by atoms with Gasteiger partial charge in [-0.1, -0.05) is 35.5 Å². The van der Waals surface area contributed by atoms with E-state index in [1.54, 1.807) is 44.4 Å². The molecular weight excluding hydrogens is 398 g/mol. The van der Waals surface area contributed by atoms with Gasteiger partial charge in [0.1, 0.15) is 5.75 Å². The van der Waals surface area contributed by atoms with Crippen molar-refractivity contribution in [3.05, 3.63) is 57.8 Å². The molecule has 3 rings (SSSR count). The molecule has 28 heavy (non-hydrogen) atoms. The first kappa shape index (κ1) is 20.2. The van der Waals surface area contributed by atoms with Crippen molar-refractivity contribution in [2.45, 2.75) is 24.3 Å². The SMILES string of the molecule is CCNC(=O)[C@H](C)Sc1nc2cc(Cl)ccc2c(=O)n1-c1ccccc1OC. The molecule has 1 heterocycles. The number of fused-ring (bicyclic) bond motifs is 1. The third kappa shape index (κ3) is 4.00. The number of hydrogen-bond donors (Lipinski definition) is 1. The predicted molar refractivity (Wildman–Crippen MR) is 113 cm³/mol. The molecule has 0 aliphatic rings. The highest BCUT2D eigenvalue weighted by Gasteiger charge is 2.21. The fraction of sp³-hybridized carbons (Fsp3) is 0.250. The van der Waals surface area contributed by atoms with Crippen LogP contribution in [0, 0.1) is 0 Å². The third-order valence-corrected chi connectivity index (χ3v) is 5.42. The molecule has 0 spiro atoms. The van der Waals surface area contributed by atoms with Crippen LogP contribution in [-0.2, 0) is 4.79 Å². The highest BCUT2D eigenvalue weighted by Crippen LogP contribution is 2.29. The lowest BCUT2D eigenvalue weighted by molar-refractivity contribution is -0.120. The monoisotopic (exact) mass is 417 g/mol. The summed E-state index contributed by atoms with van der Waals surface area (Å²) < 4.78 is 6.92. The van der Waals surface area contributed by atoms with Crippen LogP contribution in [0.4, 0.5) is 0 Å². The number of carbonyl (C=O) groups is 1. The van der Waals surface area contributed by atoms with Gasteiger partial charge in [0.25, 0.3) is 5.56 Å². The van der Waals surface area contributed by atoms with E-state index in [2.05, 4.69) is 10.3 Å². The first-order valence-corrected chi connectivity index (χ1v) is 10.0. The molecule has 0 aliphatic heterocycles. The number of rotatable bonds is 6. The van der Waals surface area contributed by atoms with Crippen LogP contribution in [0.5, 0.6) is 5.75 Å². The van der Waals surface area contributed by atoms with Crippen LogP contribution in [0.2, 0.25) is 5.02 Å². The largest absolute Gasteiger partial charge is 0.495 e. The Morgan fingerprint density at radius 1 is 1.32 bits per heavy atom. The van der Waals surface area contributed by atoms with Gasteiger partial charge in [-0.05, 0) is 44.2 Å². The Hall–Kier alpha value is -2.51. The van der Waals surface area contributed by atoms with E-state index in [0.29, 0.717) is 39.1 Å². The summed E-state index contributed by atoms with van der Waals surface area (Å²) >= 11 is 7.29. The Bertz CT molecular complexity index is 1080. The van der Waals surface area contributed by atoms with Gasteiger partial charge in [0, 0.05) is 11.6 Å². The lowest BCUT2D eigenvalue weighted by atomic mass is 10.2. The van der Waals surface area contributed by atoms with Crippen molar-refractivity contribution in [3.63, 3.8) is 0 Å². The highest BCUT2D eigenvalue weighted by atomic mass is 35.5. The molecule has 1 N–H and O–H groups in total. The number of para-hydroxylation sites is 2. The number of nitrogens with one attached hydrogen (secondary N) is 1. The maximum absolute atomic E-state index is 13.3. The fourth-order valence-electron chi connectivity index (χ4n) is 2.77. The molecule has 6 nitrogen and oxygen atoms in total. The van der Waals surface area contributed by atoms with Crippen LogP contribution in [0.3, 0.4) is 0 Å². The lowest BCUT2D eigenvalue weighted by Crippen LogP contribution is -2.31. The molecule has 1 aromatic heterocycles. The number of amides is 1. The predicted octanol–water partition coefficient (Wildman–Crippen LogP) is 3.66. The summed E-state index contributed by atoms with van der Waals surface area (Å²) in [6.07, 6.45) is 0. The van der Waals surface area contributed by atoms with Crippen LogP contribution in [0.15, 0.2) is 52.4 Å². The average Bonchev–Trinajstić information content (AvgIpc) is 2.68. The molecular formula is C20H20ClN3O3S. The molecule has 0 unspecified atom stereocenters. The van der Waals surface area contributed by atoms with Crippen LogP contribution in [-0.4, -0.2) is 34.4 Å². The summed E-state index contributed by atoms with van der Waals surface area (Å²) in [6.45, 7) is 4.16. The minimum Gasteiger partial charge on any atom is -0.495 e. The number of nitrogens with zero attached hydrogens (tertiary/aromatic N) is 2. The van der Waals surface area contributed by atoms with E-state index in [0.717, 1.165) is 0 Å². The van der Waals surface area contributed by atoms with Gasteiger partial charge in [0.2, 0.25) is 5.91 Å².